The van der Waals surface area contributed by atoms with Crippen LogP contribution in [0, 0.1) is 0 Å². The van der Waals surface area contributed by atoms with Gasteiger partial charge in [-0.2, -0.15) is 9.50 Å². The molecule has 0 aromatic carbocycles. The molecule has 2 aromatic heterocycles. The summed E-state index contributed by atoms with van der Waals surface area (Å²) in [5.74, 6) is 1.94. The van der Waals surface area contributed by atoms with Crippen molar-refractivity contribution in [1.29, 1.82) is 0 Å². The molecule has 1 fully saturated rings. The highest BCUT2D eigenvalue weighted by atomic mass is 15.3. The summed E-state index contributed by atoms with van der Waals surface area (Å²) in [7, 11) is 0. The van der Waals surface area contributed by atoms with Gasteiger partial charge in [-0.25, -0.2) is 4.98 Å². The summed E-state index contributed by atoms with van der Waals surface area (Å²) in [6.07, 6.45) is 5.97. The third-order valence-electron chi connectivity index (χ3n) is 3.68. The Kier molecular flexibility index (Phi) is 2.97. The van der Waals surface area contributed by atoms with Gasteiger partial charge < -0.3 is 11.5 Å². The second-order valence-electron chi connectivity index (χ2n) is 4.93. The van der Waals surface area contributed by atoms with E-state index in [0.29, 0.717) is 24.3 Å². The zero-order valence-electron chi connectivity index (χ0n) is 10.3. The lowest BCUT2D eigenvalue weighted by Crippen LogP contribution is -2.26. The van der Waals surface area contributed by atoms with Gasteiger partial charge in [-0.15, -0.1) is 5.10 Å². The Balaban J connectivity index is 1.93. The van der Waals surface area contributed by atoms with Gasteiger partial charge in [0, 0.05) is 24.7 Å². The zero-order chi connectivity index (χ0) is 12.5. The molecule has 96 valence electrons. The molecule has 2 aromatic rings. The number of fused-ring (bicyclic) bond motifs is 1. The lowest BCUT2D eigenvalue weighted by atomic mass is 9.86. The van der Waals surface area contributed by atoms with Crippen LogP contribution in [0.25, 0.3) is 5.78 Å². The molecule has 0 saturated heterocycles. The van der Waals surface area contributed by atoms with Crippen LogP contribution in [0.5, 0.6) is 0 Å². The molecule has 0 spiro atoms. The second kappa shape index (κ2) is 4.62. The first kappa shape index (κ1) is 11.6. The minimum Gasteiger partial charge on any atom is -0.328 e. The van der Waals surface area contributed by atoms with Crippen molar-refractivity contribution in [3.63, 3.8) is 0 Å². The van der Waals surface area contributed by atoms with Gasteiger partial charge in [-0.05, 0) is 31.7 Å². The Morgan fingerprint density at radius 3 is 2.78 bits per heavy atom. The average Bonchev–Trinajstić information content (AvgIpc) is 2.83. The normalized spacial score (nSPS) is 24.6. The van der Waals surface area contributed by atoms with Crippen LogP contribution < -0.4 is 11.5 Å². The maximum absolute atomic E-state index is 5.92. The fourth-order valence-electron chi connectivity index (χ4n) is 2.56. The Morgan fingerprint density at radius 1 is 1.28 bits per heavy atom. The molecule has 0 radical (unpaired) electrons. The summed E-state index contributed by atoms with van der Waals surface area (Å²) in [5.41, 5.74) is 12.5. The first-order valence-electron chi connectivity index (χ1n) is 6.44. The number of nitrogens with two attached hydrogens (primary N) is 2. The smallest absolute Gasteiger partial charge is 0.252 e. The molecule has 2 heterocycles. The van der Waals surface area contributed by atoms with Gasteiger partial charge in [0.2, 0.25) is 0 Å². The minimum atomic E-state index is 0.344. The number of hydrogen-bond donors (Lipinski definition) is 2. The van der Waals surface area contributed by atoms with Crippen molar-refractivity contribution in [3.8, 4) is 0 Å². The van der Waals surface area contributed by atoms with Crippen LogP contribution in [0.1, 0.15) is 43.1 Å². The molecule has 3 rings (SSSR count). The molecule has 0 bridgehead atoms. The van der Waals surface area contributed by atoms with E-state index in [1.54, 1.807) is 10.7 Å². The van der Waals surface area contributed by atoms with E-state index in [-0.39, 0.29) is 0 Å². The predicted molar refractivity (Wildman–Crippen MR) is 67.9 cm³/mol. The van der Waals surface area contributed by atoms with Crippen LogP contribution in [0.4, 0.5) is 0 Å². The number of hydrogen-bond acceptors (Lipinski definition) is 5. The zero-order valence-corrected chi connectivity index (χ0v) is 10.3. The van der Waals surface area contributed by atoms with Crippen molar-refractivity contribution in [2.24, 2.45) is 11.5 Å². The van der Waals surface area contributed by atoms with Gasteiger partial charge >= 0.3 is 0 Å². The van der Waals surface area contributed by atoms with Crippen molar-refractivity contribution < 1.29 is 0 Å². The summed E-state index contributed by atoms with van der Waals surface area (Å²) in [6.45, 7) is 0.442. The molecule has 18 heavy (non-hydrogen) atoms. The first-order chi connectivity index (χ1) is 8.78. The molecule has 4 N–H and O–H groups in total. The van der Waals surface area contributed by atoms with Gasteiger partial charge in [-0.3, -0.25) is 0 Å². The lowest BCUT2D eigenvalue weighted by molar-refractivity contribution is 0.385. The van der Waals surface area contributed by atoms with E-state index in [4.69, 9.17) is 11.5 Å². The molecule has 1 aliphatic rings. The van der Waals surface area contributed by atoms with Crippen LogP contribution in [0.3, 0.4) is 0 Å². The summed E-state index contributed by atoms with van der Waals surface area (Å²) >= 11 is 0. The number of nitrogens with zero attached hydrogens (tertiary/aromatic N) is 4. The highest BCUT2D eigenvalue weighted by Gasteiger charge is 2.23. The average molecular weight is 246 g/mol. The van der Waals surface area contributed by atoms with E-state index >= 15 is 0 Å². The van der Waals surface area contributed by atoms with Crippen molar-refractivity contribution in [3.05, 3.63) is 23.8 Å². The summed E-state index contributed by atoms with van der Waals surface area (Å²) in [6, 6.07) is 2.22. The van der Waals surface area contributed by atoms with Crippen LogP contribution in [-0.4, -0.2) is 25.6 Å². The monoisotopic (exact) mass is 246 g/mol. The van der Waals surface area contributed by atoms with Crippen molar-refractivity contribution in [1.82, 2.24) is 19.6 Å². The van der Waals surface area contributed by atoms with Gasteiger partial charge in [0.25, 0.3) is 5.78 Å². The molecular weight excluding hydrogens is 228 g/mol. The van der Waals surface area contributed by atoms with Gasteiger partial charge in [0.1, 0.15) is 0 Å². The van der Waals surface area contributed by atoms with Gasteiger partial charge in [0.15, 0.2) is 5.82 Å². The third-order valence-corrected chi connectivity index (χ3v) is 3.68. The Hall–Kier alpha value is -1.53. The van der Waals surface area contributed by atoms with Crippen molar-refractivity contribution >= 4 is 5.78 Å². The molecular formula is C12H18N6. The second-order valence-corrected chi connectivity index (χ2v) is 4.93. The Morgan fingerprint density at radius 2 is 2.06 bits per heavy atom. The maximum atomic E-state index is 5.92. The number of aromatic nitrogens is 4. The Bertz CT molecular complexity index is 540. The first-order valence-corrected chi connectivity index (χ1v) is 6.44. The van der Waals surface area contributed by atoms with E-state index in [1.807, 2.05) is 6.07 Å². The van der Waals surface area contributed by atoms with Crippen LogP contribution in [0.15, 0.2) is 12.3 Å². The quantitative estimate of drug-likeness (QED) is 0.807. The molecule has 0 unspecified atom stereocenters. The Labute approximate surface area is 105 Å². The molecule has 1 saturated carbocycles. The SMILES string of the molecule is NCc1ccnc2nc(C3CCC(N)CC3)nn12. The highest BCUT2D eigenvalue weighted by molar-refractivity contribution is 5.29. The molecule has 0 amide bonds. The maximum Gasteiger partial charge on any atom is 0.252 e. The van der Waals surface area contributed by atoms with Crippen LogP contribution >= 0.6 is 0 Å². The molecule has 0 aliphatic heterocycles. The van der Waals surface area contributed by atoms with Gasteiger partial charge in [-0.1, -0.05) is 0 Å². The molecule has 0 atom stereocenters. The van der Waals surface area contributed by atoms with Crippen LogP contribution in [0.2, 0.25) is 0 Å². The van der Waals surface area contributed by atoms with E-state index < -0.39 is 0 Å². The van der Waals surface area contributed by atoms with Gasteiger partial charge in [0.05, 0.1) is 5.69 Å². The topological polar surface area (TPSA) is 95.1 Å². The summed E-state index contributed by atoms with van der Waals surface area (Å²) in [5, 5.41) is 4.55. The van der Waals surface area contributed by atoms with Crippen LogP contribution in [-0.2, 0) is 6.54 Å². The molecule has 1 aliphatic carbocycles. The predicted octanol–water partition coefficient (Wildman–Crippen LogP) is 0.568. The minimum absolute atomic E-state index is 0.344. The van der Waals surface area contributed by atoms with E-state index in [0.717, 1.165) is 37.2 Å². The third kappa shape index (κ3) is 1.97. The highest BCUT2D eigenvalue weighted by Crippen LogP contribution is 2.30. The largest absolute Gasteiger partial charge is 0.328 e. The number of rotatable bonds is 2. The van der Waals surface area contributed by atoms with E-state index in [1.165, 1.54) is 0 Å². The standard InChI is InChI=1S/C12H18N6/c13-7-10-5-6-15-12-16-11(17-18(10)12)8-1-3-9(14)4-2-8/h5-6,8-9H,1-4,7,13-14H2. The lowest BCUT2D eigenvalue weighted by Gasteiger charge is -2.23. The van der Waals surface area contributed by atoms with Crippen molar-refractivity contribution in [2.45, 2.75) is 44.2 Å². The van der Waals surface area contributed by atoms with E-state index in [2.05, 4.69) is 15.1 Å². The summed E-state index contributed by atoms with van der Waals surface area (Å²) in [4.78, 5) is 8.74. The molecule has 6 nitrogen and oxygen atoms in total. The van der Waals surface area contributed by atoms with E-state index in [9.17, 15) is 0 Å². The fourth-order valence-corrected chi connectivity index (χ4v) is 2.56. The summed E-state index contributed by atoms with van der Waals surface area (Å²) < 4.78 is 1.75. The fraction of sp³-hybridized carbons (Fsp3) is 0.583. The van der Waals surface area contributed by atoms with Crippen molar-refractivity contribution in [2.75, 3.05) is 0 Å². The molecule has 6 heteroatoms.